The molecule has 18 heavy (non-hydrogen) atoms. The van der Waals surface area contributed by atoms with Crippen LogP contribution in [0.4, 0.5) is 0 Å². The Morgan fingerprint density at radius 2 is 1.50 bits per heavy atom. The number of fused-ring (bicyclic) bond motifs is 1. The molecule has 6 nitrogen and oxygen atoms in total. The first-order valence-electron chi connectivity index (χ1n) is 6.23. The van der Waals surface area contributed by atoms with Crippen molar-refractivity contribution in [2.75, 3.05) is 13.2 Å². The summed E-state index contributed by atoms with van der Waals surface area (Å²) in [7, 11) is 0. The largest absolute Gasteiger partial charge is 0.387 e. The molecule has 104 valence electrons. The van der Waals surface area contributed by atoms with Crippen molar-refractivity contribution < 1.29 is 28.8 Å². The summed E-state index contributed by atoms with van der Waals surface area (Å²) in [4.78, 5) is 0. The summed E-state index contributed by atoms with van der Waals surface area (Å²) < 4.78 is 28.2. The Labute approximate surface area is 106 Å². The third-order valence-electron chi connectivity index (χ3n) is 3.62. The molecule has 0 bridgehead atoms. The summed E-state index contributed by atoms with van der Waals surface area (Å²) in [5, 5.41) is 10.4. The first kappa shape index (κ1) is 12.8. The van der Waals surface area contributed by atoms with Crippen LogP contribution in [0.3, 0.4) is 0 Å². The first-order chi connectivity index (χ1) is 8.23. The van der Waals surface area contributed by atoms with E-state index in [0.29, 0.717) is 0 Å². The number of rotatable bonds is 0. The highest BCUT2D eigenvalue weighted by molar-refractivity contribution is 5.04. The zero-order valence-electron chi connectivity index (χ0n) is 11.1. The van der Waals surface area contributed by atoms with Crippen LogP contribution in [-0.2, 0) is 23.7 Å². The predicted octanol–water partition coefficient (Wildman–Crippen LogP) is 0.377. The molecule has 0 aromatic carbocycles. The van der Waals surface area contributed by atoms with Crippen LogP contribution in [0.1, 0.15) is 27.7 Å². The van der Waals surface area contributed by atoms with E-state index >= 15 is 0 Å². The molecule has 3 rings (SSSR count). The lowest BCUT2D eigenvalue weighted by Crippen LogP contribution is -2.58. The average molecular weight is 260 g/mol. The summed E-state index contributed by atoms with van der Waals surface area (Å²) in [6.07, 6.45) is -1.88. The fourth-order valence-corrected chi connectivity index (χ4v) is 2.58. The molecule has 6 heteroatoms. The number of aliphatic hydroxyl groups is 1. The van der Waals surface area contributed by atoms with Crippen LogP contribution >= 0.6 is 0 Å². The number of ether oxygens (including phenoxy) is 5. The third kappa shape index (κ3) is 1.88. The van der Waals surface area contributed by atoms with Gasteiger partial charge in [-0.2, -0.15) is 0 Å². The Morgan fingerprint density at radius 1 is 0.889 bits per heavy atom. The van der Waals surface area contributed by atoms with Crippen molar-refractivity contribution in [1.82, 2.24) is 0 Å². The van der Waals surface area contributed by atoms with Gasteiger partial charge in [0.1, 0.15) is 17.8 Å². The molecule has 1 spiro atoms. The molecule has 0 radical (unpaired) electrons. The van der Waals surface area contributed by atoms with Crippen molar-refractivity contribution in [1.29, 1.82) is 0 Å². The zero-order chi connectivity index (χ0) is 13.2. The van der Waals surface area contributed by atoms with Gasteiger partial charge < -0.3 is 28.8 Å². The molecule has 0 amide bonds. The second-order valence-corrected chi connectivity index (χ2v) is 6.07. The third-order valence-corrected chi connectivity index (χ3v) is 3.62. The van der Waals surface area contributed by atoms with Gasteiger partial charge in [0.2, 0.25) is 0 Å². The monoisotopic (exact) mass is 260 g/mol. The van der Waals surface area contributed by atoms with Crippen molar-refractivity contribution in [3.63, 3.8) is 0 Å². The van der Waals surface area contributed by atoms with E-state index in [4.69, 9.17) is 23.7 Å². The lowest BCUT2D eigenvalue weighted by molar-refractivity contribution is -0.338. The summed E-state index contributed by atoms with van der Waals surface area (Å²) in [5.41, 5.74) is -0.888. The van der Waals surface area contributed by atoms with Gasteiger partial charge in [0, 0.05) is 0 Å². The molecule has 0 saturated carbocycles. The van der Waals surface area contributed by atoms with E-state index in [1.807, 2.05) is 13.8 Å². The van der Waals surface area contributed by atoms with Gasteiger partial charge in [-0.3, -0.25) is 0 Å². The number of aliphatic hydroxyl groups excluding tert-OH is 1. The number of hydrogen-bond acceptors (Lipinski definition) is 6. The molecule has 3 aliphatic heterocycles. The molecule has 0 aromatic rings. The quantitative estimate of drug-likeness (QED) is 0.679. The topological polar surface area (TPSA) is 66.4 Å². The molecule has 3 saturated heterocycles. The van der Waals surface area contributed by atoms with Crippen LogP contribution in [0.5, 0.6) is 0 Å². The molecule has 0 aromatic heterocycles. The minimum absolute atomic E-state index is 0.265. The van der Waals surface area contributed by atoms with Gasteiger partial charge in [-0.25, -0.2) is 0 Å². The van der Waals surface area contributed by atoms with Gasteiger partial charge in [0.15, 0.2) is 17.9 Å². The van der Waals surface area contributed by atoms with Crippen molar-refractivity contribution in [3.05, 3.63) is 0 Å². The maximum absolute atomic E-state index is 10.4. The van der Waals surface area contributed by atoms with Crippen LogP contribution in [0.25, 0.3) is 0 Å². The molecule has 1 N–H and O–H groups in total. The Balaban J connectivity index is 1.75. The fourth-order valence-electron chi connectivity index (χ4n) is 2.58. The van der Waals surface area contributed by atoms with Crippen molar-refractivity contribution in [2.45, 2.75) is 63.4 Å². The van der Waals surface area contributed by atoms with Gasteiger partial charge in [-0.15, -0.1) is 0 Å². The van der Waals surface area contributed by atoms with Gasteiger partial charge >= 0.3 is 0 Å². The van der Waals surface area contributed by atoms with Gasteiger partial charge in [0.05, 0.1) is 13.2 Å². The van der Waals surface area contributed by atoms with E-state index in [0.717, 1.165) is 0 Å². The fraction of sp³-hybridized carbons (Fsp3) is 1.00. The summed E-state index contributed by atoms with van der Waals surface area (Å²) in [6, 6.07) is 0. The van der Waals surface area contributed by atoms with Gasteiger partial charge in [0.25, 0.3) is 0 Å². The summed E-state index contributed by atoms with van der Waals surface area (Å²) in [6.45, 7) is 7.79. The second-order valence-electron chi connectivity index (χ2n) is 6.07. The predicted molar refractivity (Wildman–Crippen MR) is 59.6 cm³/mol. The van der Waals surface area contributed by atoms with E-state index < -0.39 is 35.7 Å². The highest BCUT2D eigenvalue weighted by atomic mass is 16.9. The first-order valence-corrected chi connectivity index (χ1v) is 6.23. The summed E-state index contributed by atoms with van der Waals surface area (Å²) >= 11 is 0. The Hall–Kier alpha value is -0.240. The Bertz CT molecular complexity index is 342. The maximum atomic E-state index is 10.4. The lowest BCUT2D eigenvalue weighted by Gasteiger charge is -2.42. The molecule has 3 fully saturated rings. The minimum atomic E-state index is -0.888. The molecular formula is C12H20O6. The molecule has 0 unspecified atom stereocenters. The van der Waals surface area contributed by atoms with E-state index in [2.05, 4.69) is 0 Å². The van der Waals surface area contributed by atoms with Crippen molar-refractivity contribution in [2.24, 2.45) is 0 Å². The van der Waals surface area contributed by atoms with E-state index in [1.165, 1.54) is 0 Å². The molecular weight excluding hydrogens is 240 g/mol. The minimum Gasteiger partial charge on any atom is -0.387 e. The van der Waals surface area contributed by atoms with Crippen LogP contribution in [0, 0.1) is 0 Å². The molecule has 3 aliphatic rings. The van der Waals surface area contributed by atoms with Crippen LogP contribution in [-0.4, -0.2) is 54.0 Å². The molecule has 0 aliphatic carbocycles. The molecule has 3 heterocycles. The maximum Gasteiger partial charge on any atom is 0.190 e. The van der Waals surface area contributed by atoms with Gasteiger partial charge in [-0.1, -0.05) is 0 Å². The van der Waals surface area contributed by atoms with Gasteiger partial charge in [-0.05, 0) is 27.7 Å². The zero-order valence-corrected chi connectivity index (χ0v) is 11.1. The molecule has 3 atom stereocenters. The highest BCUT2D eigenvalue weighted by Gasteiger charge is 2.63. The highest BCUT2D eigenvalue weighted by Crippen LogP contribution is 2.44. The average Bonchev–Trinajstić information content (AvgIpc) is 2.66. The van der Waals surface area contributed by atoms with E-state index in [-0.39, 0.29) is 13.2 Å². The lowest BCUT2D eigenvalue weighted by atomic mass is 9.96. The van der Waals surface area contributed by atoms with Crippen molar-refractivity contribution in [3.8, 4) is 0 Å². The Kier molecular flexibility index (Phi) is 2.59. The van der Waals surface area contributed by atoms with E-state index in [1.54, 1.807) is 13.8 Å². The standard InChI is InChI=1S/C12H20O6/c1-10(2)14-5-12(6-15-10)8(13)7-9(18-12)17-11(3,4)16-7/h7-9,13H,5-6H2,1-4H3/t7-,8+,9-/m0/s1. The number of hydrogen-bond donors (Lipinski definition) is 1. The van der Waals surface area contributed by atoms with Crippen molar-refractivity contribution >= 4 is 0 Å². The smallest absolute Gasteiger partial charge is 0.190 e. The van der Waals surface area contributed by atoms with E-state index in [9.17, 15) is 5.11 Å². The van der Waals surface area contributed by atoms with Crippen LogP contribution in [0.15, 0.2) is 0 Å². The Morgan fingerprint density at radius 3 is 2.06 bits per heavy atom. The SMILES string of the molecule is CC1(C)OCC2(CO1)O[C@@H]1OC(C)(C)O[C@H]1[C@H]2O. The normalized spacial score (nSPS) is 44.2. The second kappa shape index (κ2) is 3.65. The van der Waals surface area contributed by atoms with Crippen LogP contribution < -0.4 is 0 Å². The van der Waals surface area contributed by atoms with Crippen LogP contribution in [0.2, 0.25) is 0 Å². The summed E-state index contributed by atoms with van der Waals surface area (Å²) in [5.74, 6) is -1.37.